The predicted molar refractivity (Wildman–Crippen MR) is 90.8 cm³/mol. The van der Waals surface area contributed by atoms with Gasteiger partial charge in [-0.1, -0.05) is 18.6 Å². The summed E-state index contributed by atoms with van der Waals surface area (Å²) >= 11 is 0. The van der Waals surface area contributed by atoms with Gasteiger partial charge in [0.25, 0.3) is 0 Å². The average molecular weight is 298 g/mol. The summed E-state index contributed by atoms with van der Waals surface area (Å²) in [7, 11) is 0. The van der Waals surface area contributed by atoms with E-state index in [-0.39, 0.29) is 6.10 Å². The Morgan fingerprint density at radius 1 is 1.23 bits per heavy atom. The summed E-state index contributed by atoms with van der Waals surface area (Å²) in [4.78, 5) is 4.53. The minimum atomic E-state index is -0.0450. The number of nitrogens with one attached hydrogen (secondary N) is 1. The summed E-state index contributed by atoms with van der Waals surface area (Å²) in [6.45, 7) is 3.95. The number of pyridine rings is 1. The van der Waals surface area contributed by atoms with E-state index < -0.39 is 0 Å². The van der Waals surface area contributed by atoms with Crippen LogP contribution in [0.25, 0.3) is 10.9 Å². The molecule has 0 saturated heterocycles. The summed E-state index contributed by atoms with van der Waals surface area (Å²) in [5.41, 5.74) is 3.44. The third kappa shape index (κ3) is 3.84. The molecule has 0 spiro atoms. The van der Waals surface area contributed by atoms with Crippen molar-refractivity contribution in [1.82, 2.24) is 10.3 Å². The summed E-state index contributed by atoms with van der Waals surface area (Å²) in [6.07, 6.45) is 5.66. The molecule has 1 aliphatic carbocycles. The molecule has 3 rings (SSSR count). The zero-order valence-electron chi connectivity index (χ0n) is 13.4. The van der Waals surface area contributed by atoms with Gasteiger partial charge >= 0.3 is 0 Å². The van der Waals surface area contributed by atoms with E-state index >= 15 is 0 Å². The van der Waals surface area contributed by atoms with Crippen molar-refractivity contribution in [2.24, 2.45) is 5.92 Å². The first-order chi connectivity index (χ1) is 10.7. The Morgan fingerprint density at radius 3 is 2.95 bits per heavy atom. The Labute approximate surface area is 132 Å². The highest BCUT2D eigenvalue weighted by molar-refractivity contribution is 5.79. The lowest BCUT2D eigenvalue weighted by Crippen LogP contribution is -2.18. The molecule has 1 heterocycles. The fourth-order valence-corrected chi connectivity index (χ4v) is 3.46. The number of nitrogens with zero attached hydrogens (tertiary/aromatic N) is 1. The molecule has 118 valence electrons. The highest BCUT2D eigenvalue weighted by atomic mass is 16.3. The van der Waals surface area contributed by atoms with Crippen molar-refractivity contribution in [2.45, 2.75) is 51.7 Å². The summed E-state index contributed by atoms with van der Waals surface area (Å²) in [5.74, 6) is 0.539. The Balaban J connectivity index is 1.44. The van der Waals surface area contributed by atoms with Crippen molar-refractivity contribution in [3.8, 4) is 0 Å². The van der Waals surface area contributed by atoms with E-state index in [0.717, 1.165) is 43.6 Å². The predicted octanol–water partition coefficient (Wildman–Crippen LogP) is 3.57. The highest BCUT2D eigenvalue weighted by Crippen LogP contribution is 2.28. The molecule has 1 aromatic carbocycles. The molecule has 1 fully saturated rings. The van der Waals surface area contributed by atoms with Crippen LogP contribution in [0.4, 0.5) is 0 Å². The van der Waals surface area contributed by atoms with E-state index in [1.54, 1.807) is 0 Å². The summed E-state index contributed by atoms with van der Waals surface area (Å²) < 4.78 is 0. The molecular weight excluding hydrogens is 272 g/mol. The number of rotatable bonds is 6. The molecule has 0 bridgehead atoms. The van der Waals surface area contributed by atoms with E-state index in [1.807, 2.05) is 6.92 Å². The van der Waals surface area contributed by atoms with Crippen LogP contribution in [0.5, 0.6) is 0 Å². The maximum absolute atomic E-state index is 9.82. The maximum Gasteiger partial charge on any atom is 0.0705 e. The molecule has 2 atom stereocenters. The quantitative estimate of drug-likeness (QED) is 0.801. The zero-order valence-corrected chi connectivity index (χ0v) is 13.4. The zero-order chi connectivity index (χ0) is 15.4. The molecule has 2 N–H and O–H groups in total. The minimum absolute atomic E-state index is 0.0450. The Bertz CT molecular complexity index is 626. The second-order valence-corrected chi connectivity index (χ2v) is 6.56. The van der Waals surface area contributed by atoms with Gasteiger partial charge in [-0.15, -0.1) is 0 Å². The van der Waals surface area contributed by atoms with Gasteiger partial charge in [-0.2, -0.15) is 0 Å². The molecule has 3 nitrogen and oxygen atoms in total. The van der Waals surface area contributed by atoms with E-state index in [9.17, 15) is 5.11 Å². The van der Waals surface area contributed by atoms with Gasteiger partial charge in [0.05, 0.1) is 11.6 Å². The van der Waals surface area contributed by atoms with Crippen molar-refractivity contribution in [3.05, 3.63) is 41.6 Å². The smallest absolute Gasteiger partial charge is 0.0705 e. The lowest BCUT2D eigenvalue weighted by molar-refractivity contribution is 0.127. The van der Waals surface area contributed by atoms with Crippen LogP contribution in [-0.4, -0.2) is 22.7 Å². The molecule has 0 amide bonds. The van der Waals surface area contributed by atoms with Crippen molar-refractivity contribution in [1.29, 1.82) is 0 Å². The Kier molecular flexibility index (Phi) is 5.06. The Morgan fingerprint density at radius 2 is 2.14 bits per heavy atom. The van der Waals surface area contributed by atoms with Crippen molar-refractivity contribution in [2.75, 3.05) is 6.54 Å². The number of hydrogen-bond donors (Lipinski definition) is 2. The van der Waals surface area contributed by atoms with Crippen molar-refractivity contribution >= 4 is 10.9 Å². The molecule has 22 heavy (non-hydrogen) atoms. The third-order valence-corrected chi connectivity index (χ3v) is 4.77. The van der Waals surface area contributed by atoms with Crippen LogP contribution in [0.2, 0.25) is 0 Å². The topological polar surface area (TPSA) is 45.1 Å². The summed E-state index contributed by atoms with van der Waals surface area (Å²) in [6, 6.07) is 10.7. The van der Waals surface area contributed by atoms with Crippen molar-refractivity contribution < 1.29 is 5.11 Å². The van der Waals surface area contributed by atoms with E-state index in [1.165, 1.54) is 23.8 Å². The van der Waals surface area contributed by atoms with Crippen LogP contribution in [0.1, 0.15) is 43.4 Å². The third-order valence-electron chi connectivity index (χ3n) is 4.77. The minimum Gasteiger partial charge on any atom is -0.393 e. The first-order valence-corrected chi connectivity index (χ1v) is 8.47. The number of aryl methyl sites for hydroxylation is 1. The van der Waals surface area contributed by atoms with Crippen LogP contribution in [0.15, 0.2) is 30.3 Å². The SMILES string of the molecule is Cc1ccc2cc(CNCCC[C@H]3CCC[C@H]3O)ccc2n1. The first-order valence-electron chi connectivity index (χ1n) is 8.47. The molecule has 1 saturated carbocycles. The first kappa shape index (κ1) is 15.4. The Hall–Kier alpha value is -1.45. The molecule has 2 aromatic rings. The number of hydrogen-bond acceptors (Lipinski definition) is 3. The maximum atomic E-state index is 9.82. The lowest BCUT2D eigenvalue weighted by atomic mass is 10.00. The van der Waals surface area contributed by atoms with Gasteiger partial charge in [-0.05, 0) is 68.8 Å². The highest BCUT2D eigenvalue weighted by Gasteiger charge is 2.24. The number of benzene rings is 1. The van der Waals surface area contributed by atoms with Gasteiger partial charge in [0.1, 0.15) is 0 Å². The van der Waals surface area contributed by atoms with Crippen LogP contribution in [-0.2, 0) is 6.54 Å². The standard InChI is InChI=1S/C19H26N2O/c1-14-7-9-17-12-15(8-10-18(17)21-14)13-20-11-3-5-16-4-2-6-19(16)22/h7-10,12,16,19-20,22H,2-6,11,13H2,1H3/t16-,19-/m1/s1. The molecular formula is C19H26N2O. The molecule has 1 aromatic heterocycles. The average Bonchev–Trinajstić information content (AvgIpc) is 2.92. The number of aliphatic hydroxyl groups is 1. The van der Waals surface area contributed by atoms with Gasteiger partial charge in [-0.25, -0.2) is 0 Å². The van der Waals surface area contributed by atoms with Gasteiger partial charge < -0.3 is 10.4 Å². The molecule has 0 radical (unpaired) electrons. The molecule has 0 aliphatic heterocycles. The van der Waals surface area contributed by atoms with E-state index in [2.05, 4.69) is 40.6 Å². The van der Waals surface area contributed by atoms with Gasteiger partial charge in [0.15, 0.2) is 0 Å². The second-order valence-electron chi connectivity index (χ2n) is 6.56. The lowest BCUT2D eigenvalue weighted by Gasteiger charge is -2.14. The van der Waals surface area contributed by atoms with Crippen LogP contribution >= 0.6 is 0 Å². The normalized spacial score (nSPS) is 21.5. The van der Waals surface area contributed by atoms with E-state index in [4.69, 9.17) is 0 Å². The second kappa shape index (κ2) is 7.21. The van der Waals surface area contributed by atoms with Gasteiger partial charge in [-0.3, -0.25) is 4.98 Å². The summed E-state index contributed by atoms with van der Waals surface area (Å²) in [5, 5.41) is 14.5. The fourth-order valence-electron chi connectivity index (χ4n) is 3.46. The van der Waals surface area contributed by atoms with Crippen LogP contribution < -0.4 is 5.32 Å². The molecule has 3 heteroatoms. The largest absolute Gasteiger partial charge is 0.393 e. The number of aromatic nitrogens is 1. The van der Waals surface area contributed by atoms with Crippen LogP contribution in [0.3, 0.4) is 0 Å². The molecule has 1 aliphatic rings. The number of aliphatic hydroxyl groups excluding tert-OH is 1. The van der Waals surface area contributed by atoms with Gasteiger partial charge in [0, 0.05) is 17.6 Å². The number of fused-ring (bicyclic) bond motifs is 1. The fraction of sp³-hybridized carbons (Fsp3) is 0.526. The van der Waals surface area contributed by atoms with Gasteiger partial charge in [0.2, 0.25) is 0 Å². The van der Waals surface area contributed by atoms with Crippen LogP contribution in [0, 0.1) is 12.8 Å². The monoisotopic (exact) mass is 298 g/mol. The van der Waals surface area contributed by atoms with E-state index in [0.29, 0.717) is 5.92 Å². The molecule has 0 unspecified atom stereocenters. The van der Waals surface area contributed by atoms with Crippen molar-refractivity contribution in [3.63, 3.8) is 0 Å².